The lowest BCUT2D eigenvalue weighted by molar-refractivity contribution is 0.0184. The summed E-state index contributed by atoms with van der Waals surface area (Å²) in [6, 6.07) is 3.89. The molecule has 0 aromatic carbocycles. The highest BCUT2D eigenvalue weighted by molar-refractivity contribution is 7.10. The van der Waals surface area contributed by atoms with E-state index in [0.717, 1.165) is 12.8 Å². The summed E-state index contributed by atoms with van der Waals surface area (Å²) >= 11 is 1.67. The van der Waals surface area contributed by atoms with Crippen molar-refractivity contribution >= 4 is 11.3 Å². The molecule has 1 atom stereocenters. The Bertz CT molecular complexity index is 321. The molecule has 0 amide bonds. The van der Waals surface area contributed by atoms with Crippen LogP contribution < -0.4 is 5.32 Å². The van der Waals surface area contributed by atoms with E-state index in [2.05, 4.69) is 11.4 Å². The lowest BCUT2D eigenvalue weighted by Crippen LogP contribution is -2.45. The molecular weight excluding hydrogens is 238 g/mol. The Kier molecular flexibility index (Phi) is 4.53. The second-order valence-electron chi connectivity index (χ2n) is 4.61. The van der Waals surface area contributed by atoms with Crippen LogP contribution in [0.5, 0.6) is 0 Å². The Morgan fingerprint density at radius 1 is 1.35 bits per heavy atom. The highest BCUT2D eigenvalue weighted by atomic mass is 32.1. The zero-order valence-electron chi connectivity index (χ0n) is 9.62. The third-order valence-electron chi connectivity index (χ3n) is 3.33. The molecule has 0 aliphatic heterocycles. The number of rotatable bonds is 6. The number of hydrogen-bond donors (Lipinski definition) is 4. The molecule has 1 aromatic heterocycles. The fourth-order valence-corrected chi connectivity index (χ4v) is 3.12. The average molecular weight is 257 g/mol. The highest BCUT2D eigenvalue weighted by Gasteiger charge is 2.35. The quantitative estimate of drug-likeness (QED) is 0.599. The van der Waals surface area contributed by atoms with E-state index >= 15 is 0 Å². The van der Waals surface area contributed by atoms with Crippen LogP contribution in [-0.4, -0.2) is 40.7 Å². The van der Waals surface area contributed by atoms with Crippen LogP contribution in [0.2, 0.25) is 0 Å². The molecule has 4 nitrogen and oxygen atoms in total. The average Bonchev–Trinajstić information content (AvgIpc) is 2.81. The smallest absolute Gasteiger partial charge is 0.0607 e. The summed E-state index contributed by atoms with van der Waals surface area (Å²) in [4.78, 5) is 1.20. The first-order valence-electron chi connectivity index (χ1n) is 5.93. The van der Waals surface area contributed by atoms with Crippen molar-refractivity contribution in [1.29, 1.82) is 0 Å². The predicted octanol–water partition coefficient (Wildman–Crippen LogP) is 0.503. The van der Waals surface area contributed by atoms with E-state index in [4.69, 9.17) is 10.2 Å². The standard InChI is InChI=1S/C12H19NO3S/c14-6-9(7-15)13-12(8-4-10(16)5-8)11-2-1-3-17-11/h1-3,8-10,12-16H,4-7H2. The normalized spacial score (nSPS) is 25.9. The molecule has 1 fully saturated rings. The van der Waals surface area contributed by atoms with Gasteiger partial charge in [0.15, 0.2) is 0 Å². The largest absolute Gasteiger partial charge is 0.395 e. The Morgan fingerprint density at radius 2 is 2.06 bits per heavy atom. The fraction of sp³-hybridized carbons (Fsp3) is 0.667. The predicted molar refractivity (Wildman–Crippen MR) is 66.9 cm³/mol. The third kappa shape index (κ3) is 3.05. The van der Waals surface area contributed by atoms with Crippen LogP contribution in [0.15, 0.2) is 17.5 Å². The first-order chi connectivity index (χ1) is 8.24. The molecule has 2 rings (SSSR count). The van der Waals surface area contributed by atoms with Gasteiger partial charge in [-0.2, -0.15) is 0 Å². The van der Waals surface area contributed by atoms with Gasteiger partial charge in [-0.3, -0.25) is 0 Å². The van der Waals surface area contributed by atoms with Crippen LogP contribution in [0.25, 0.3) is 0 Å². The minimum atomic E-state index is -0.292. The van der Waals surface area contributed by atoms with Gasteiger partial charge in [-0.05, 0) is 30.2 Å². The van der Waals surface area contributed by atoms with Crippen molar-refractivity contribution in [2.75, 3.05) is 13.2 Å². The van der Waals surface area contributed by atoms with Crippen LogP contribution in [0, 0.1) is 5.92 Å². The summed E-state index contributed by atoms with van der Waals surface area (Å²) in [5, 5.41) is 32.9. The monoisotopic (exact) mass is 257 g/mol. The fourth-order valence-electron chi connectivity index (χ4n) is 2.24. The lowest BCUT2D eigenvalue weighted by Gasteiger charge is -2.39. The van der Waals surface area contributed by atoms with E-state index in [9.17, 15) is 5.11 Å². The topological polar surface area (TPSA) is 72.7 Å². The maximum Gasteiger partial charge on any atom is 0.0607 e. The van der Waals surface area contributed by atoms with Gasteiger partial charge in [-0.25, -0.2) is 0 Å². The van der Waals surface area contributed by atoms with Crippen LogP contribution in [-0.2, 0) is 0 Å². The van der Waals surface area contributed by atoms with Crippen molar-refractivity contribution in [1.82, 2.24) is 5.32 Å². The molecule has 1 heterocycles. The Hall–Kier alpha value is -0.460. The molecule has 5 heteroatoms. The van der Waals surface area contributed by atoms with E-state index in [1.165, 1.54) is 4.88 Å². The second kappa shape index (κ2) is 5.93. The summed E-state index contributed by atoms with van der Waals surface area (Å²) < 4.78 is 0. The number of nitrogens with one attached hydrogen (secondary N) is 1. The number of aliphatic hydroxyl groups excluding tert-OH is 3. The van der Waals surface area contributed by atoms with Crippen LogP contribution in [0.1, 0.15) is 23.8 Å². The Balaban J connectivity index is 2.02. The second-order valence-corrected chi connectivity index (χ2v) is 5.59. The van der Waals surface area contributed by atoms with Crippen LogP contribution in [0.3, 0.4) is 0 Å². The van der Waals surface area contributed by atoms with Gasteiger partial charge in [0, 0.05) is 10.9 Å². The van der Waals surface area contributed by atoms with Gasteiger partial charge in [0.25, 0.3) is 0 Å². The van der Waals surface area contributed by atoms with Gasteiger partial charge in [-0.1, -0.05) is 6.07 Å². The van der Waals surface area contributed by atoms with E-state index in [-0.39, 0.29) is 31.4 Å². The zero-order valence-corrected chi connectivity index (χ0v) is 10.4. The molecule has 1 aliphatic rings. The molecule has 96 valence electrons. The van der Waals surface area contributed by atoms with E-state index in [0.29, 0.717) is 5.92 Å². The van der Waals surface area contributed by atoms with E-state index < -0.39 is 0 Å². The molecule has 17 heavy (non-hydrogen) atoms. The molecule has 1 saturated carbocycles. The van der Waals surface area contributed by atoms with E-state index in [1.54, 1.807) is 11.3 Å². The van der Waals surface area contributed by atoms with Gasteiger partial charge >= 0.3 is 0 Å². The summed E-state index contributed by atoms with van der Waals surface area (Å²) in [7, 11) is 0. The molecule has 0 radical (unpaired) electrons. The Morgan fingerprint density at radius 3 is 2.53 bits per heavy atom. The van der Waals surface area contributed by atoms with Crippen molar-refractivity contribution in [2.24, 2.45) is 5.92 Å². The molecular formula is C12H19NO3S. The summed E-state index contributed by atoms with van der Waals surface area (Å²) in [6.07, 6.45) is 1.39. The van der Waals surface area contributed by atoms with Crippen molar-refractivity contribution in [2.45, 2.75) is 31.0 Å². The zero-order chi connectivity index (χ0) is 12.3. The van der Waals surface area contributed by atoms with Gasteiger partial charge in [-0.15, -0.1) is 11.3 Å². The maximum atomic E-state index is 9.39. The summed E-state index contributed by atoms with van der Waals surface area (Å²) in [5.74, 6) is 0.393. The molecule has 0 spiro atoms. The Labute approximate surface area is 105 Å². The number of aliphatic hydroxyl groups is 3. The van der Waals surface area contributed by atoms with Crippen molar-refractivity contribution in [3.63, 3.8) is 0 Å². The van der Waals surface area contributed by atoms with Crippen molar-refractivity contribution < 1.29 is 15.3 Å². The number of hydrogen-bond acceptors (Lipinski definition) is 5. The summed E-state index contributed by atoms with van der Waals surface area (Å²) in [5.41, 5.74) is 0. The first-order valence-corrected chi connectivity index (χ1v) is 6.81. The lowest BCUT2D eigenvalue weighted by atomic mass is 9.76. The van der Waals surface area contributed by atoms with Crippen LogP contribution in [0.4, 0.5) is 0 Å². The van der Waals surface area contributed by atoms with E-state index in [1.807, 2.05) is 11.4 Å². The third-order valence-corrected chi connectivity index (χ3v) is 4.28. The van der Waals surface area contributed by atoms with Crippen molar-refractivity contribution in [3.05, 3.63) is 22.4 Å². The van der Waals surface area contributed by atoms with Crippen LogP contribution >= 0.6 is 11.3 Å². The molecule has 1 unspecified atom stereocenters. The first kappa shape index (κ1) is 13.0. The summed E-state index contributed by atoms with van der Waals surface area (Å²) in [6.45, 7) is -0.151. The molecule has 1 aromatic rings. The molecule has 1 aliphatic carbocycles. The molecule has 0 bridgehead atoms. The van der Waals surface area contributed by atoms with Gasteiger partial charge in [0.1, 0.15) is 0 Å². The number of thiophene rings is 1. The van der Waals surface area contributed by atoms with Gasteiger partial charge < -0.3 is 20.6 Å². The van der Waals surface area contributed by atoms with Crippen molar-refractivity contribution in [3.8, 4) is 0 Å². The van der Waals surface area contributed by atoms with Gasteiger partial charge in [0.05, 0.1) is 25.4 Å². The molecule has 0 saturated heterocycles. The molecule has 4 N–H and O–H groups in total. The minimum Gasteiger partial charge on any atom is -0.395 e. The highest BCUT2D eigenvalue weighted by Crippen LogP contribution is 2.39. The maximum absolute atomic E-state index is 9.39. The SMILES string of the molecule is OCC(CO)NC(c1cccs1)C1CC(O)C1. The minimum absolute atomic E-state index is 0.0757. The van der Waals surface area contributed by atoms with Gasteiger partial charge in [0.2, 0.25) is 0 Å².